The van der Waals surface area contributed by atoms with Crippen LogP contribution in [0.2, 0.25) is 5.02 Å². The first-order valence-corrected chi connectivity index (χ1v) is 8.76. The molecule has 0 unspecified atom stereocenters. The molecule has 0 radical (unpaired) electrons. The first-order valence-electron chi connectivity index (χ1n) is 7.65. The van der Waals surface area contributed by atoms with E-state index >= 15 is 0 Å². The summed E-state index contributed by atoms with van der Waals surface area (Å²) < 4.78 is 13.9. The molecule has 25 heavy (non-hydrogen) atoms. The lowest BCUT2D eigenvalue weighted by atomic mass is 10.2. The number of rotatable bonds is 6. The van der Waals surface area contributed by atoms with E-state index in [2.05, 4.69) is 14.1 Å². The van der Waals surface area contributed by atoms with E-state index in [1.54, 1.807) is 36.4 Å². The summed E-state index contributed by atoms with van der Waals surface area (Å²) in [6.45, 7) is 2.71. The number of aromatic nitrogens is 2. The molecule has 1 amide bonds. The van der Waals surface area contributed by atoms with Gasteiger partial charge in [-0.15, -0.1) is 0 Å². The van der Waals surface area contributed by atoms with E-state index < -0.39 is 0 Å². The monoisotopic (exact) mass is 373 g/mol. The smallest absolute Gasteiger partial charge is 0.251 e. The minimum Gasteiger partial charge on any atom is -0.487 e. The maximum Gasteiger partial charge on any atom is 0.251 e. The van der Waals surface area contributed by atoms with Gasteiger partial charge in [-0.2, -0.15) is 8.75 Å². The van der Waals surface area contributed by atoms with E-state index in [1.807, 2.05) is 19.1 Å². The average Bonchev–Trinajstić information content (AvgIpc) is 3.04. The number of carbonyl (C=O) groups is 1. The molecule has 128 valence electrons. The Morgan fingerprint density at radius 1 is 1.12 bits per heavy atom. The summed E-state index contributed by atoms with van der Waals surface area (Å²) in [6.07, 6.45) is 0. The SMILES string of the molecule is Cc1nsnc1COc1ccc(C(=O)NCc2ccc(Cl)cc2)cc1. The quantitative estimate of drug-likeness (QED) is 0.709. The molecule has 0 spiro atoms. The lowest BCUT2D eigenvalue weighted by Crippen LogP contribution is -2.22. The summed E-state index contributed by atoms with van der Waals surface area (Å²) in [6, 6.07) is 14.4. The van der Waals surface area contributed by atoms with Gasteiger partial charge in [-0.05, 0) is 48.9 Å². The number of nitrogens with zero attached hydrogens (tertiary/aromatic N) is 2. The lowest BCUT2D eigenvalue weighted by Gasteiger charge is -2.08. The lowest BCUT2D eigenvalue weighted by molar-refractivity contribution is 0.0951. The number of nitrogens with one attached hydrogen (secondary N) is 1. The van der Waals surface area contributed by atoms with Crippen LogP contribution in [0.25, 0.3) is 0 Å². The van der Waals surface area contributed by atoms with Crippen LogP contribution >= 0.6 is 23.3 Å². The van der Waals surface area contributed by atoms with Crippen LogP contribution in [-0.4, -0.2) is 14.7 Å². The predicted octanol–water partition coefficient (Wildman–Crippen LogP) is 4.01. The first-order chi connectivity index (χ1) is 12.1. The van der Waals surface area contributed by atoms with Gasteiger partial charge in [0.15, 0.2) is 0 Å². The van der Waals surface area contributed by atoms with E-state index in [1.165, 1.54) is 11.7 Å². The van der Waals surface area contributed by atoms with Gasteiger partial charge in [-0.25, -0.2) is 0 Å². The summed E-state index contributed by atoms with van der Waals surface area (Å²) in [7, 11) is 0. The molecule has 3 aromatic rings. The molecule has 0 aliphatic rings. The summed E-state index contributed by atoms with van der Waals surface area (Å²) >= 11 is 7.02. The molecule has 3 rings (SSSR count). The Morgan fingerprint density at radius 2 is 1.84 bits per heavy atom. The Bertz CT molecular complexity index is 848. The zero-order valence-electron chi connectivity index (χ0n) is 13.5. The highest BCUT2D eigenvalue weighted by molar-refractivity contribution is 6.99. The molecule has 0 atom stereocenters. The minimum absolute atomic E-state index is 0.138. The number of aryl methyl sites for hydroxylation is 1. The molecule has 0 aliphatic carbocycles. The molecule has 1 heterocycles. The van der Waals surface area contributed by atoms with E-state index in [0.717, 1.165) is 17.0 Å². The number of hydrogen-bond donors (Lipinski definition) is 1. The van der Waals surface area contributed by atoms with Crippen molar-refractivity contribution in [1.29, 1.82) is 0 Å². The third-order valence-electron chi connectivity index (χ3n) is 3.60. The van der Waals surface area contributed by atoms with Crippen LogP contribution in [0, 0.1) is 6.92 Å². The highest BCUT2D eigenvalue weighted by Crippen LogP contribution is 2.15. The number of hydrogen-bond acceptors (Lipinski definition) is 5. The van der Waals surface area contributed by atoms with Gasteiger partial charge in [0.2, 0.25) is 0 Å². The van der Waals surface area contributed by atoms with Gasteiger partial charge in [0.25, 0.3) is 5.91 Å². The third kappa shape index (κ3) is 4.78. The highest BCUT2D eigenvalue weighted by atomic mass is 35.5. The second kappa shape index (κ2) is 8.09. The summed E-state index contributed by atoms with van der Waals surface area (Å²) in [4.78, 5) is 12.2. The Morgan fingerprint density at radius 3 is 2.48 bits per heavy atom. The van der Waals surface area contributed by atoms with Gasteiger partial charge in [0, 0.05) is 17.1 Å². The van der Waals surface area contributed by atoms with Crippen LogP contribution in [0.15, 0.2) is 48.5 Å². The average molecular weight is 374 g/mol. The van der Waals surface area contributed by atoms with Crippen molar-refractivity contribution in [2.24, 2.45) is 0 Å². The molecule has 5 nitrogen and oxygen atoms in total. The second-order valence-corrected chi connectivity index (χ2v) is 6.38. The molecule has 0 bridgehead atoms. The fourth-order valence-corrected chi connectivity index (χ4v) is 2.80. The van der Waals surface area contributed by atoms with E-state index in [9.17, 15) is 4.79 Å². The van der Waals surface area contributed by atoms with E-state index in [4.69, 9.17) is 16.3 Å². The van der Waals surface area contributed by atoms with Gasteiger partial charge in [-0.3, -0.25) is 4.79 Å². The van der Waals surface area contributed by atoms with Crippen molar-refractivity contribution in [3.8, 4) is 5.75 Å². The van der Waals surface area contributed by atoms with Crippen molar-refractivity contribution in [3.63, 3.8) is 0 Å². The van der Waals surface area contributed by atoms with Crippen molar-refractivity contribution in [1.82, 2.24) is 14.1 Å². The first kappa shape index (κ1) is 17.4. The number of carbonyl (C=O) groups excluding carboxylic acids is 1. The van der Waals surface area contributed by atoms with Crippen LogP contribution in [0.3, 0.4) is 0 Å². The zero-order valence-corrected chi connectivity index (χ0v) is 15.1. The van der Waals surface area contributed by atoms with Crippen LogP contribution in [0.1, 0.15) is 27.3 Å². The Balaban J connectivity index is 1.53. The molecule has 0 saturated heterocycles. The van der Waals surface area contributed by atoms with Crippen molar-refractivity contribution in [2.45, 2.75) is 20.1 Å². The normalized spacial score (nSPS) is 10.5. The molecule has 1 N–H and O–H groups in total. The zero-order chi connectivity index (χ0) is 17.6. The maximum atomic E-state index is 12.2. The largest absolute Gasteiger partial charge is 0.487 e. The molecule has 0 aliphatic heterocycles. The van der Waals surface area contributed by atoms with Gasteiger partial charge >= 0.3 is 0 Å². The van der Waals surface area contributed by atoms with Crippen LogP contribution in [-0.2, 0) is 13.2 Å². The van der Waals surface area contributed by atoms with Crippen molar-refractivity contribution < 1.29 is 9.53 Å². The standard InChI is InChI=1S/C18H16ClN3O2S/c1-12-17(22-25-21-12)11-24-16-8-4-14(5-9-16)18(23)20-10-13-2-6-15(19)7-3-13/h2-9H,10-11H2,1H3,(H,20,23). The number of benzene rings is 2. The Labute approximate surface area is 154 Å². The fourth-order valence-electron chi connectivity index (χ4n) is 2.12. The van der Waals surface area contributed by atoms with Gasteiger partial charge in [0.1, 0.15) is 18.1 Å². The number of amides is 1. The molecule has 2 aromatic carbocycles. The molecular weight excluding hydrogens is 358 g/mol. The van der Waals surface area contributed by atoms with Crippen LogP contribution in [0.4, 0.5) is 0 Å². The minimum atomic E-state index is -0.138. The summed E-state index contributed by atoms with van der Waals surface area (Å²) in [5.74, 6) is 0.544. The third-order valence-corrected chi connectivity index (χ3v) is 4.51. The molecule has 0 fully saturated rings. The Hall–Kier alpha value is -2.44. The van der Waals surface area contributed by atoms with Gasteiger partial charge in [-0.1, -0.05) is 23.7 Å². The van der Waals surface area contributed by atoms with Crippen molar-refractivity contribution >= 4 is 29.2 Å². The van der Waals surface area contributed by atoms with Crippen LogP contribution in [0.5, 0.6) is 5.75 Å². The number of ether oxygens (including phenoxy) is 1. The van der Waals surface area contributed by atoms with E-state index in [0.29, 0.717) is 29.5 Å². The predicted molar refractivity (Wildman–Crippen MR) is 98.0 cm³/mol. The highest BCUT2D eigenvalue weighted by Gasteiger charge is 2.07. The summed E-state index contributed by atoms with van der Waals surface area (Å²) in [5, 5.41) is 3.55. The molecule has 1 aromatic heterocycles. The molecule has 7 heteroatoms. The van der Waals surface area contributed by atoms with Crippen molar-refractivity contribution in [3.05, 3.63) is 76.1 Å². The maximum absolute atomic E-state index is 12.2. The van der Waals surface area contributed by atoms with E-state index in [-0.39, 0.29) is 5.91 Å². The molecular formula is C18H16ClN3O2S. The van der Waals surface area contributed by atoms with Crippen LogP contribution < -0.4 is 10.1 Å². The van der Waals surface area contributed by atoms with Gasteiger partial charge < -0.3 is 10.1 Å². The van der Waals surface area contributed by atoms with Gasteiger partial charge in [0.05, 0.1) is 17.4 Å². The fraction of sp³-hybridized carbons (Fsp3) is 0.167. The number of halogens is 1. The summed E-state index contributed by atoms with van der Waals surface area (Å²) in [5.41, 5.74) is 3.27. The van der Waals surface area contributed by atoms with Crippen molar-refractivity contribution in [2.75, 3.05) is 0 Å². The second-order valence-electron chi connectivity index (χ2n) is 5.42. The molecule has 0 saturated carbocycles. The Kier molecular flexibility index (Phi) is 5.63. The topological polar surface area (TPSA) is 64.1 Å².